The third-order valence-electron chi connectivity index (χ3n) is 2.92. The highest BCUT2D eigenvalue weighted by molar-refractivity contribution is 5.96. The van der Waals surface area contributed by atoms with E-state index < -0.39 is 0 Å². The molecule has 0 saturated carbocycles. The first-order valence-corrected chi connectivity index (χ1v) is 5.70. The van der Waals surface area contributed by atoms with Gasteiger partial charge in [0.05, 0.1) is 0 Å². The van der Waals surface area contributed by atoms with Crippen molar-refractivity contribution in [1.29, 1.82) is 0 Å². The summed E-state index contributed by atoms with van der Waals surface area (Å²) in [6, 6.07) is 8.15. The second-order valence-corrected chi connectivity index (χ2v) is 4.02. The van der Waals surface area contributed by atoms with Crippen LogP contribution in [-0.4, -0.2) is 26.2 Å². The quantitative estimate of drug-likeness (QED) is 0.725. The molecule has 1 amide bonds. The Hall–Kier alpha value is -1.35. The second-order valence-electron chi connectivity index (χ2n) is 4.02. The third kappa shape index (κ3) is 2.25. The maximum Gasteiger partial charge on any atom is 0.227 e. The Morgan fingerprint density at radius 1 is 1.31 bits per heavy atom. The molecule has 1 aliphatic heterocycles. The van der Waals surface area contributed by atoms with E-state index in [4.69, 9.17) is 4.74 Å². The Labute approximate surface area is 96.0 Å². The summed E-state index contributed by atoms with van der Waals surface area (Å²) in [4.78, 5) is 13.7. The zero-order valence-corrected chi connectivity index (χ0v) is 9.61. The summed E-state index contributed by atoms with van der Waals surface area (Å²) >= 11 is 0. The van der Waals surface area contributed by atoms with Crippen LogP contribution in [0.1, 0.15) is 18.4 Å². The molecule has 3 nitrogen and oxygen atoms in total. The lowest BCUT2D eigenvalue weighted by atomic mass is 10.0. The highest BCUT2D eigenvalue weighted by atomic mass is 16.5. The van der Waals surface area contributed by atoms with Gasteiger partial charge in [-0.05, 0) is 24.5 Å². The maximum absolute atomic E-state index is 11.8. The summed E-state index contributed by atoms with van der Waals surface area (Å²) in [5.74, 6) is 0.231. The molecule has 0 aromatic heterocycles. The molecule has 1 aromatic carbocycles. The van der Waals surface area contributed by atoms with Crippen LogP contribution in [0.2, 0.25) is 0 Å². The summed E-state index contributed by atoms with van der Waals surface area (Å²) in [6.07, 6.45) is 2.39. The van der Waals surface area contributed by atoms with Gasteiger partial charge in [-0.1, -0.05) is 18.2 Å². The molecular formula is C13H17NO2. The number of benzene rings is 1. The third-order valence-corrected chi connectivity index (χ3v) is 2.92. The SMILES string of the molecule is COCCCN1C(=O)CCc2ccccc21. The van der Waals surface area contributed by atoms with Crippen molar-refractivity contribution in [3.63, 3.8) is 0 Å². The Bertz CT molecular complexity index is 376. The molecule has 86 valence electrons. The van der Waals surface area contributed by atoms with Crippen LogP contribution >= 0.6 is 0 Å². The van der Waals surface area contributed by atoms with Crippen LogP contribution < -0.4 is 4.90 Å². The van der Waals surface area contributed by atoms with Crippen molar-refractivity contribution in [3.05, 3.63) is 29.8 Å². The first-order valence-electron chi connectivity index (χ1n) is 5.70. The molecule has 3 heteroatoms. The van der Waals surface area contributed by atoms with Gasteiger partial charge in [-0.15, -0.1) is 0 Å². The minimum atomic E-state index is 0.231. The van der Waals surface area contributed by atoms with Crippen LogP contribution in [0.25, 0.3) is 0 Å². The van der Waals surface area contributed by atoms with Crippen LogP contribution in [0, 0.1) is 0 Å². The van der Waals surface area contributed by atoms with E-state index in [1.54, 1.807) is 7.11 Å². The molecule has 0 N–H and O–H groups in total. The molecule has 2 rings (SSSR count). The fourth-order valence-corrected chi connectivity index (χ4v) is 2.11. The minimum Gasteiger partial charge on any atom is -0.385 e. The summed E-state index contributed by atoms with van der Waals surface area (Å²) in [5, 5.41) is 0. The van der Waals surface area contributed by atoms with E-state index in [1.807, 2.05) is 23.1 Å². The average molecular weight is 219 g/mol. The van der Waals surface area contributed by atoms with Gasteiger partial charge in [0, 0.05) is 32.4 Å². The van der Waals surface area contributed by atoms with Gasteiger partial charge >= 0.3 is 0 Å². The fraction of sp³-hybridized carbons (Fsp3) is 0.462. The normalized spacial score (nSPS) is 15.1. The Morgan fingerprint density at radius 2 is 2.12 bits per heavy atom. The zero-order chi connectivity index (χ0) is 11.4. The monoisotopic (exact) mass is 219 g/mol. The van der Waals surface area contributed by atoms with Crippen molar-refractivity contribution >= 4 is 11.6 Å². The molecule has 0 fully saturated rings. The molecule has 1 aromatic rings. The largest absolute Gasteiger partial charge is 0.385 e. The van der Waals surface area contributed by atoms with Crippen LogP contribution in [0.4, 0.5) is 5.69 Å². The van der Waals surface area contributed by atoms with Crippen LogP contribution in [0.3, 0.4) is 0 Å². The van der Waals surface area contributed by atoms with Gasteiger partial charge in [0.1, 0.15) is 0 Å². The van der Waals surface area contributed by atoms with Crippen LogP contribution in [0.15, 0.2) is 24.3 Å². The predicted octanol–water partition coefficient (Wildman–Crippen LogP) is 2.00. The van der Waals surface area contributed by atoms with Gasteiger partial charge in [0.15, 0.2) is 0 Å². The molecule has 1 heterocycles. The summed E-state index contributed by atoms with van der Waals surface area (Å²) < 4.78 is 5.02. The number of methoxy groups -OCH3 is 1. The second kappa shape index (κ2) is 5.12. The predicted molar refractivity (Wildman–Crippen MR) is 63.6 cm³/mol. The number of nitrogens with zero attached hydrogens (tertiary/aromatic N) is 1. The van der Waals surface area contributed by atoms with E-state index >= 15 is 0 Å². The number of ether oxygens (including phenoxy) is 1. The summed E-state index contributed by atoms with van der Waals surface area (Å²) in [6.45, 7) is 1.45. The minimum absolute atomic E-state index is 0.231. The Morgan fingerprint density at radius 3 is 2.94 bits per heavy atom. The molecule has 16 heavy (non-hydrogen) atoms. The van der Waals surface area contributed by atoms with E-state index in [9.17, 15) is 4.79 Å². The topological polar surface area (TPSA) is 29.5 Å². The first kappa shape index (κ1) is 11.1. The van der Waals surface area contributed by atoms with Crippen molar-refractivity contribution in [2.75, 3.05) is 25.2 Å². The summed E-state index contributed by atoms with van der Waals surface area (Å²) in [7, 11) is 1.69. The molecule has 1 aliphatic rings. The highest BCUT2D eigenvalue weighted by Crippen LogP contribution is 2.27. The smallest absolute Gasteiger partial charge is 0.227 e. The lowest BCUT2D eigenvalue weighted by molar-refractivity contribution is -0.118. The van der Waals surface area contributed by atoms with E-state index in [0.29, 0.717) is 13.0 Å². The van der Waals surface area contributed by atoms with Crippen molar-refractivity contribution < 1.29 is 9.53 Å². The van der Waals surface area contributed by atoms with Crippen molar-refractivity contribution in [3.8, 4) is 0 Å². The molecular weight excluding hydrogens is 202 g/mol. The molecule has 0 atom stereocenters. The number of carbonyl (C=O) groups is 1. The Kier molecular flexibility index (Phi) is 3.57. The van der Waals surface area contributed by atoms with Gasteiger partial charge < -0.3 is 9.64 Å². The molecule has 0 radical (unpaired) electrons. The van der Waals surface area contributed by atoms with Gasteiger partial charge in [-0.25, -0.2) is 0 Å². The van der Waals surface area contributed by atoms with Crippen LogP contribution in [0.5, 0.6) is 0 Å². The number of anilines is 1. The van der Waals surface area contributed by atoms with Crippen molar-refractivity contribution in [1.82, 2.24) is 0 Å². The lowest BCUT2D eigenvalue weighted by Gasteiger charge is -2.29. The van der Waals surface area contributed by atoms with Gasteiger partial charge in [-0.2, -0.15) is 0 Å². The van der Waals surface area contributed by atoms with Gasteiger partial charge in [0.25, 0.3) is 0 Å². The van der Waals surface area contributed by atoms with Crippen LogP contribution in [-0.2, 0) is 16.0 Å². The molecule has 0 bridgehead atoms. The molecule has 0 unspecified atom stereocenters. The average Bonchev–Trinajstić information content (AvgIpc) is 2.32. The number of para-hydroxylation sites is 1. The number of fused-ring (bicyclic) bond motifs is 1. The number of aryl methyl sites for hydroxylation is 1. The van der Waals surface area contributed by atoms with E-state index in [0.717, 1.165) is 25.1 Å². The van der Waals surface area contributed by atoms with Crippen molar-refractivity contribution in [2.45, 2.75) is 19.3 Å². The number of rotatable bonds is 4. The zero-order valence-electron chi connectivity index (χ0n) is 9.61. The maximum atomic E-state index is 11.8. The number of hydrogen-bond donors (Lipinski definition) is 0. The van der Waals surface area contributed by atoms with E-state index in [1.165, 1.54) is 5.56 Å². The molecule has 0 saturated heterocycles. The number of carbonyl (C=O) groups excluding carboxylic acids is 1. The van der Waals surface area contributed by atoms with E-state index in [2.05, 4.69) is 6.07 Å². The van der Waals surface area contributed by atoms with Gasteiger partial charge in [0.2, 0.25) is 5.91 Å². The first-order chi connectivity index (χ1) is 7.83. The fourth-order valence-electron chi connectivity index (χ4n) is 2.11. The highest BCUT2D eigenvalue weighted by Gasteiger charge is 2.22. The van der Waals surface area contributed by atoms with Crippen molar-refractivity contribution in [2.24, 2.45) is 0 Å². The van der Waals surface area contributed by atoms with Gasteiger partial charge in [-0.3, -0.25) is 4.79 Å². The number of hydrogen-bond acceptors (Lipinski definition) is 2. The van der Waals surface area contributed by atoms with E-state index in [-0.39, 0.29) is 5.91 Å². The standard InChI is InChI=1S/C13H17NO2/c1-16-10-4-9-14-12-6-3-2-5-11(12)7-8-13(14)15/h2-3,5-6H,4,7-10H2,1H3. The molecule has 0 aliphatic carbocycles. The Balaban J connectivity index is 2.13. The summed E-state index contributed by atoms with van der Waals surface area (Å²) in [5.41, 5.74) is 2.36. The lowest BCUT2D eigenvalue weighted by Crippen LogP contribution is -2.36. The number of amides is 1. The molecule has 0 spiro atoms.